The number of hydrogen-bond donors (Lipinski definition) is 1. The third-order valence-electron chi connectivity index (χ3n) is 3.66. The van der Waals surface area contributed by atoms with E-state index in [1.807, 2.05) is 48.5 Å². The van der Waals surface area contributed by atoms with Gasteiger partial charge in [-0.15, -0.1) is 0 Å². The number of benzene rings is 2. The SMILES string of the molecule is CC(C)c1ccc(C(=O)Nc2ccccc2-n2cncn2)cc1. The molecule has 0 atom stereocenters. The highest BCUT2D eigenvalue weighted by atomic mass is 16.1. The molecular formula is C18H18N4O. The maximum Gasteiger partial charge on any atom is 0.255 e. The van der Waals surface area contributed by atoms with E-state index in [9.17, 15) is 4.79 Å². The molecule has 1 amide bonds. The van der Waals surface area contributed by atoms with Crippen LogP contribution in [0.4, 0.5) is 5.69 Å². The van der Waals surface area contributed by atoms with Gasteiger partial charge in [0, 0.05) is 5.56 Å². The second-order valence-corrected chi connectivity index (χ2v) is 5.59. The zero-order valence-corrected chi connectivity index (χ0v) is 13.1. The molecule has 1 heterocycles. The van der Waals surface area contributed by atoms with Gasteiger partial charge in [0.05, 0.1) is 11.4 Å². The zero-order valence-electron chi connectivity index (χ0n) is 13.1. The van der Waals surface area contributed by atoms with Crippen LogP contribution in [0.25, 0.3) is 5.69 Å². The number of carbonyl (C=O) groups is 1. The van der Waals surface area contributed by atoms with Crippen molar-refractivity contribution in [3.63, 3.8) is 0 Å². The normalized spacial score (nSPS) is 10.7. The molecule has 0 radical (unpaired) electrons. The predicted octanol–water partition coefficient (Wildman–Crippen LogP) is 3.64. The summed E-state index contributed by atoms with van der Waals surface area (Å²) in [5.74, 6) is 0.299. The predicted molar refractivity (Wildman–Crippen MR) is 89.8 cm³/mol. The molecule has 5 nitrogen and oxygen atoms in total. The molecule has 116 valence electrons. The second-order valence-electron chi connectivity index (χ2n) is 5.59. The number of rotatable bonds is 4. The van der Waals surface area contributed by atoms with Gasteiger partial charge in [-0.25, -0.2) is 9.67 Å². The minimum Gasteiger partial charge on any atom is -0.320 e. The van der Waals surface area contributed by atoms with E-state index in [1.54, 1.807) is 11.0 Å². The molecule has 3 rings (SSSR count). The standard InChI is InChI=1S/C18H18N4O/c1-13(2)14-7-9-15(10-8-14)18(23)21-16-5-3-4-6-17(16)22-12-19-11-20-22/h3-13H,1-2H3,(H,21,23). The Morgan fingerprint density at radius 2 is 1.83 bits per heavy atom. The highest BCUT2D eigenvalue weighted by Crippen LogP contribution is 2.20. The largest absolute Gasteiger partial charge is 0.320 e. The van der Waals surface area contributed by atoms with Gasteiger partial charge >= 0.3 is 0 Å². The summed E-state index contributed by atoms with van der Waals surface area (Å²) < 4.78 is 1.62. The van der Waals surface area contributed by atoms with Crippen molar-refractivity contribution in [3.8, 4) is 5.69 Å². The van der Waals surface area contributed by atoms with Gasteiger partial charge in [-0.05, 0) is 35.7 Å². The summed E-state index contributed by atoms with van der Waals surface area (Å²) in [7, 11) is 0. The molecule has 0 aliphatic rings. The summed E-state index contributed by atoms with van der Waals surface area (Å²) in [5.41, 5.74) is 3.31. The van der Waals surface area contributed by atoms with Crippen LogP contribution in [0.2, 0.25) is 0 Å². The molecule has 0 saturated heterocycles. The van der Waals surface area contributed by atoms with Gasteiger partial charge in [0.2, 0.25) is 0 Å². The van der Waals surface area contributed by atoms with Crippen molar-refractivity contribution in [3.05, 3.63) is 72.3 Å². The highest BCUT2D eigenvalue weighted by molar-refractivity contribution is 6.05. The molecule has 0 saturated carbocycles. The highest BCUT2D eigenvalue weighted by Gasteiger charge is 2.11. The lowest BCUT2D eigenvalue weighted by atomic mass is 10.0. The van der Waals surface area contributed by atoms with E-state index in [-0.39, 0.29) is 5.91 Å². The molecule has 0 aliphatic carbocycles. The summed E-state index contributed by atoms with van der Waals surface area (Å²) >= 11 is 0. The van der Waals surface area contributed by atoms with Gasteiger partial charge in [0.25, 0.3) is 5.91 Å². The number of amides is 1. The van der Waals surface area contributed by atoms with Crippen LogP contribution in [0.15, 0.2) is 61.2 Å². The third kappa shape index (κ3) is 3.29. The lowest BCUT2D eigenvalue weighted by Crippen LogP contribution is -2.14. The fourth-order valence-corrected chi connectivity index (χ4v) is 2.33. The molecule has 0 fully saturated rings. The Morgan fingerprint density at radius 1 is 1.09 bits per heavy atom. The van der Waals surface area contributed by atoms with Crippen LogP contribution in [-0.2, 0) is 0 Å². The lowest BCUT2D eigenvalue weighted by Gasteiger charge is -2.11. The summed E-state index contributed by atoms with van der Waals surface area (Å²) in [6.07, 6.45) is 3.06. The minimum absolute atomic E-state index is 0.145. The van der Waals surface area contributed by atoms with E-state index in [4.69, 9.17) is 0 Å². The van der Waals surface area contributed by atoms with Crippen LogP contribution in [-0.4, -0.2) is 20.7 Å². The van der Waals surface area contributed by atoms with E-state index in [0.29, 0.717) is 17.2 Å². The Morgan fingerprint density at radius 3 is 2.48 bits per heavy atom. The van der Waals surface area contributed by atoms with Gasteiger partial charge in [-0.3, -0.25) is 4.79 Å². The first-order valence-corrected chi connectivity index (χ1v) is 7.50. The van der Waals surface area contributed by atoms with Gasteiger partial charge in [0.15, 0.2) is 0 Å². The fraction of sp³-hybridized carbons (Fsp3) is 0.167. The van der Waals surface area contributed by atoms with Crippen LogP contribution >= 0.6 is 0 Å². The summed E-state index contributed by atoms with van der Waals surface area (Å²) in [5, 5.41) is 7.05. The number of nitrogens with one attached hydrogen (secondary N) is 1. The minimum atomic E-state index is -0.145. The zero-order chi connectivity index (χ0) is 16.2. The number of para-hydroxylation sites is 2. The average Bonchev–Trinajstić information content (AvgIpc) is 3.09. The first kappa shape index (κ1) is 15.0. The van der Waals surface area contributed by atoms with E-state index in [1.165, 1.54) is 11.9 Å². The van der Waals surface area contributed by atoms with Crippen molar-refractivity contribution in [2.24, 2.45) is 0 Å². The van der Waals surface area contributed by atoms with Crippen LogP contribution < -0.4 is 5.32 Å². The summed E-state index contributed by atoms with van der Waals surface area (Å²) in [6, 6.07) is 15.2. The third-order valence-corrected chi connectivity index (χ3v) is 3.66. The molecular weight excluding hydrogens is 288 g/mol. The second kappa shape index (κ2) is 6.44. The molecule has 1 aromatic heterocycles. The monoisotopic (exact) mass is 306 g/mol. The number of hydrogen-bond acceptors (Lipinski definition) is 3. The van der Waals surface area contributed by atoms with E-state index in [0.717, 1.165) is 5.69 Å². The number of nitrogens with zero attached hydrogens (tertiary/aromatic N) is 3. The molecule has 5 heteroatoms. The average molecular weight is 306 g/mol. The Labute approximate surface area is 135 Å². The Balaban J connectivity index is 1.83. The van der Waals surface area contributed by atoms with E-state index in [2.05, 4.69) is 29.2 Å². The number of carbonyl (C=O) groups excluding carboxylic acids is 1. The molecule has 1 N–H and O–H groups in total. The first-order valence-electron chi connectivity index (χ1n) is 7.50. The smallest absolute Gasteiger partial charge is 0.255 e. The number of anilines is 1. The molecule has 3 aromatic rings. The van der Waals surface area contributed by atoms with Crippen LogP contribution in [0.3, 0.4) is 0 Å². The van der Waals surface area contributed by atoms with Crippen LogP contribution in [0.5, 0.6) is 0 Å². The molecule has 0 unspecified atom stereocenters. The Bertz CT molecular complexity index is 792. The van der Waals surface area contributed by atoms with Crippen molar-refractivity contribution in [2.45, 2.75) is 19.8 Å². The van der Waals surface area contributed by atoms with Crippen molar-refractivity contribution < 1.29 is 4.79 Å². The topological polar surface area (TPSA) is 59.8 Å². The Hall–Kier alpha value is -2.95. The lowest BCUT2D eigenvalue weighted by molar-refractivity contribution is 0.102. The van der Waals surface area contributed by atoms with Crippen molar-refractivity contribution in [1.29, 1.82) is 0 Å². The van der Waals surface area contributed by atoms with E-state index < -0.39 is 0 Å². The Kier molecular flexibility index (Phi) is 4.19. The maximum absolute atomic E-state index is 12.5. The van der Waals surface area contributed by atoms with Crippen LogP contribution in [0, 0.1) is 0 Å². The maximum atomic E-state index is 12.5. The molecule has 23 heavy (non-hydrogen) atoms. The fourth-order valence-electron chi connectivity index (χ4n) is 2.33. The van der Waals surface area contributed by atoms with E-state index >= 15 is 0 Å². The van der Waals surface area contributed by atoms with Gasteiger partial charge in [-0.1, -0.05) is 38.1 Å². The van der Waals surface area contributed by atoms with Gasteiger partial charge < -0.3 is 5.32 Å². The van der Waals surface area contributed by atoms with Crippen molar-refractivity contribution >= 4 is 11.6 Å². The van der Waals surface area contributed by atoms with Crippen molar-refractivity contribution in [2.75, 3.05) is 5.32 Å². The number of aromatic nitrogens is 3. The van der Waals surface area contributed by atoms with Gasteiger partial charge in [0.1, 0.15) is 12.7 Å². The molecule has 0 spiro atoms. The molecule has 2 aromatic carbocycles. The van der Waals surface area contributed by atoms with Crippen LogP contribution in [0.1, 0.15) is 35.7 Å². The first-order chi connectivity index (χ1) is 11.1. The van der Waals surface area contributed by atoms with Crippen molar-refractivity contribution in [1.82, 2.24) is 14.8 Å². The molecule has 0 aliphatic heterocycles. The summed E-state index contributed by atoms with van der Waals surface area (Å²) in [6.45, 7) is 4.26. The van der Waals surface area contributed by atoms with Gasteiger partial charge in [-0.2, -0.15) is 5.10 Å². The molecule has 0 bridgehead atoms. The quantitative estimate of drug-likeness (QED) is 0.800. The summed E-state index contributed by atoms with van der Waals surface area (Å²) in [4.78, 5) is 16.4.